The van der Waals surface area contributed by atoms with Crippen LogP contribution in [0.2, 0.25) is 0 Å². The molecule has 0 aliphatic heterocycles. The third-order valence-electron chi connectivity index (χ3n) is 6.85. The van der Waals surface area contributed by atoms with Gasteiger partial charge in [0, 0.05) is 6.20 Å². The Morgan fingerprint density at radius 3 is 2.40 bits per heavy atom. The molecule has 226 valence electrons. The number of hydrogen-bond acceptors (Lipinski definition) is 9. The van der Waals surface area contributed by atoms with Gasteiger partial charge < -0.3 is 25.4 Å². The van der Waals surface area contributed by atoms with Gasteiger partial charge in [0.15, 0.2) is 0 Å². The number of nitrogens with one attached hydrogen (secondary N) is 3. The molecule has 1 heterocycles. The first-order valence-corrected chi connectivity index (χ1v) is 14.3. The third-order valence-corrected chi connectivity index (χ3v) is 6.85. The molecule has 3 amide bonds. The van der Waals surface area contributed by atoms with Gasteiger partial charge in [-0.05, 0) is 31.7 Å². The normalized spacial score (nSPS) is 14.7. The summed E-state index contributed by atoms with van der Waals surface area (Å²) in [7, 11) is 0. The van der Waals surface area contributed by atoms with E-state index in [0.29, 0.717) is 12.1 Å². The van der Waals surface area contributed by atoms with Gasteiger partial charge in [0.05, 0.1) is 31.7 Å². The summed E-state index contributed by atoms with van der Waals surface area (Å²) in [5, 5.41) is 7.59. The number of esters is 1. The van der Waals surface area contributed by atoms with Crippen molar-refractivity contribution in [3.8, 4) is 0 Å². The van der Waals surface area contributed by atoms with Crippen molar-refractivity contribution in [2.75, 3.05) is 19.8 Å². The average Bonchev–Trinajstić information content (AvgIpc) is 2.99. The molecule has 2 atom stereocenters. The van der Waals surface area contributed by atoms with Crippen LogP contribution in [0.15, 0.2) is 42.7 Å². The van der Waals surface area contributed by atoms with E-state index in [2.05, 4.69) is 25.9 Å². The van der Waals surface area contributed by atoms with E-state index >= 15 is 0 Å². The number of nitrogens with zero attached hydrogens (tertiary/aromatic N) is 2. The molecular formula is C30H39N5O7. The molecule has 2 aromatic rings. The minimum Gasteiger partial charge on any atom is -0.465 e. The van der Waals surface area contributed by atoms with Gasteiger partial charge in [-0.15, -0.1) is 0 Å². The zero-order valence-electron chi connectivity index (χ0n) is 24.1. The van der Waals surface area contributed by atoms with Crippen molar-refractivity contribution < 1.29 is 33.4 Å². The molecule has 1 aliphatic carbocycles. The van der Waals surface area contributed by atoms with Gasteiger partial charge in [-0.2, -0.15) is 0 Å². The van der Waals surface area contributed by atoms with E-state index in [1.54, 1.807) is 13.8 Å². The zero-order valence-corrected chi connectivity index (χ0v) is 24.1. The number of benzene rings is 1. The van der Waals surface area contributed by atoms with Crippen LogP contribution in [0.25, 0.3) is 0 Å². The quantitative estimate of drug-likeness (QED) is 0.210. The Bertz CT molecular complexity index is 1220. The number of carbonyl (C=O) groups is 5. The van der Waals surface area contributed by atoms with Crippen molar-refractivity contribution in [3.05, 3.63) is 59.7 Å². The Morgan fingerprint density at radius 1 is 0.976 bits per heavy atom. The monoisotopic (exact) mass is 581 g/mol. The predicted molar refractivity (Wildman–Crippen MR) is 152 cm³/mol. The molecule has 1 fully saturated rings. The van der Waals surface area contributed by atoms with Crippen LogP contribution in [0.1, 0.15) is 67.2 Å². The lowest BCUT2D eigenvalue weighted by Crippen LogP contribution is -2.56. The fourth-order valence-electron chi connectivity index (χ4n) is 4.73. The number of ketones is 1. The van der Waals surface area contributed by atoms with Crippen molar-refractivity contribution in [3.63, 3.8) is 0 Å². The predicted octanol–water partition coefficient (Wildman–Crippen LogP) is 1.80. The number of aromatic nitrogens is 2. The molecule has 3 rings (SSSR count). The third kappa shape index (κ3) is 10.7. The van der Waals surface area contributed by atoms with Crippen LogP contribution in [-0.2, 0) is 35.3 Å². The summed E-state index contributed by atoms with van der Waals surface area (Å²) in [4.78, 5) is 72.2. The van der Waals surface area contributed by atoms with Gasteiger partial charge in [0.25, 0.3) is 11.8 Å². The summed E-state index contributed by atoms with van der Waals surface area (Å²) in [5.41, 5.74) is 1.45. The summed E-state index contributed by atoms with van der Waals surface area (Å²) in [5.74, 6) is -3.76. The van der Waals surface area contributed by atoms with Crippen LogP contribution in [0.5, 0.6) is 0 Å². The highest BCUT2D eigenvalue weighted by Crippen LogP contribution is 2.27. The molecule has 0 unspecified atom stereocenters. The second kappa shape index (κ2) is 16.9. The van der Waals surface area contributed by atoms with Crippen molar-refractivity contribution in [1.82, 2.24) is 25.9 Å². The maximum absolute atomic E-state index is 13.6. The van der Waals surface area contributed by atoms with Crippen molar-refractivity contribution in [1.29, 1.82) is 0 Å². The molecular weight excluding hydrogens is 542 g/mol. The SMILES string of the molecule is CCOC(=O)CNC(=O)C(=O)[C@H](COCc1ccccc1)NC(=O)[C@H](CC1CCCCC1)NC(=O)c1cncc(C)n1. The highest BCUT2D eigenvalue weighted by Gasteiger charge is 2.32. The van der Waals surface area contributed by atoms with Gasteiger partial charge >= 0.3 is 5.97 Å². The second-order valence-electron chi connectivity index (χ2n) is 10.2. The largest absolute Gasteiger partial charge is 0.465 e. The number of carbonyl (C=O) groups excluding carboxylic acids is 5. The lowest BCUT2D eigenvalue weighted by molar-refractivity contribution is -0.146. The van der Waals surface area contributed by atoms with Crippen LogP contribution in [0.4, 0.5) is 0 Å². The summed E-state index contributed by atoms with van der Waals surface area (Å²) < 4.78 is 10.5. The first-order valence-electron chi connectivity index (χ1n) is 14.3. The number of ether oxygens (including phenoxy) is 2. The molecule has 1 aromatic carbocycles. The molecule has 0 bridgehead atoms. The summed E-state index contributed by atoms with van der Waals surface area (Å²) >= 11 is 0. The van der Waals surface area contributed by atoms with E-state index in [9.17, 15) is 24.0 Å². The van der Waals surface area contributed by atoms with Crippen LogP contribution in [0, 0.1) is 12.8 Å². The average molecular weight is 582 g/mol. The fraction of sp³-hybridized carbons (Fsp3) is 0.500. The molecule has 0 saturated heterocycles. The van der Waals surface area contributed by atoms with E-state index in [-0.39, 0.29) is 31.4 Å². The van der Waals surface area contributed by atoms with E-state index in [1.807, 2.05) is 30.3 Å². The van der Waals surface area contributed by atoms with Crippen LogP contribution in [0.3, 0.4) is 0 Å². The van der Waals surface area contributed by atoms with Gasteiger partial charge in [-0.3, -0.25) is 29.0 Å². The number of Topliss-reactive ketones (excluding diaryl/α,β-unsaturated/α-hetero) is 1. The van der Waals surface area contributed by atoms with Gasteiger partial charge in [0.2, 0.25) is 11.7 Å². The van der Waals surface area contributed by atoms with Crippen molar-refractivity contribution in [2.45, 2.75) is 71.1 Å². The van der Waals surface area contributed by atoms with E-state index < -0.39 is 48.1 Å². The van der Waals surface area contributed by atoms with Gasteiger partial charge in [0.1, 0.15) is 24.3 Å². The Hall–Kier alpha value is -4.19. The number of hydrogen-bond donors (Lipinski definition) is 3. The maximum Gasteiger partial charge on any atom is 0.325 e. The number of aryl methyl sites for hydroxylation is 1. The van der Waals surface area contributed by atoms with E-state index in [1.165, 1.54) is 12.4 Å². The lowest BCUT2D eigenvalue weighted by atomic mass is 9.84. The standard InChI is InChI=1S/C30H39N5O7/c1-3-42-26(36)17-32-30(40)27(37)25(19-41-18-22-12-8-5-9-13-22)35-28(38)23(14-21-10-6-4-7-11-21)34-29(39)24-16-31-15-20(2)33-24/h5,8-9,12-13,15-16,21,23,25H,3-4,6-7,10-11,14,17-19H2,1-2H3,(H,32,40)(H,34,39)(H,35,38)/t23-,25-/m0/s1. The zero-order chi connectivity index (χ0) is 30.3. The lowest BCUT2D eigenvalue weighted by Gasteiger charge is -2.28. The molecule has 0 spiro atoms. The minimum atomic E-state index is -1.37. The van der Waals surface area contributed by atoms with Crippen LogP contribution >= 0.6 is 0 Å². The highest BCUT2D eigenvalue weighted by molar-refractivity contribution is 6.38. The van der Waals surface area contributed by atoms with Crippen molar-refractivity contribution >= 4 is 29.5 Å². The van der Waals surface area contributed by atoms with Crippen LogP contribution < -0.4 is 16.0 Å². The van der Waals surface area contributed by atoms with E-state index in [0.717, 1.165) is 37.7 Å². The molecule has 0 radical (unpaired) electrons. The van der Waals surface area contributed by atoms with E-state index in [4.69, 9.17) is 9.47 Å². The molecule has 3 N–H and O–H groups in total. The minimum absolute atomic E-state index is 0.0635. The molecule has 1 aliphatic rings. The molecule has 1 saturated carbocycles. The highest BCUT2D eigenvalue weighted by atomic mass is 16.5. The summed E-state index contributed by atoms with van der Waals surface area (Å²) in [6, 6.07) is 6.85. The van der Waals surface area contributed by atoms with Crippen LogP contribution in [-0.4, -0.2) is 71.3 Å². The molecule has 42 heavy (non-hydrogen) atoms. The first-order chi connectivity index (χ1) is 20.3. The van der Waals surface area contributed by atoms with Crippen molar-refractivity contribution in [2.24, 2.45) is 5.92 Å². The number of amides is 3. The Morgan fingerprint density at radius 2 is 1.71 bits per heavy atom. The molecule has 12 heteroatoms. The summed E-state index contributed by atoms with van der Waals surface area (Å²) in [6.07, 6.45) is 8.21. The van der Waals surface area contributed by atoms with Gasteiger partial charge in [-0.25, -0.2) is 4.98 Å². The molecule has 12 nitrogen and oxygen atoms in total. The number of rotatable bonds is 15. The fourth-order valence-corrected chi connectivity index (χ4v) is 4.73. The topological polar surface area (TPSA) is 166 Å². The molecule has 1 aromatic heterocycles. The first kappa shape index (κ1) is 32.3. The second-order valence-corrected chi connectivity index (χ2v) is 10.2. The Balaban J connectivity index is 1.75. The smallest absolute Gasteiger partial charge is 0.325 e. The maximum atomic E-state index is 13.6. The Kier molecular flexibility index (Phi) is 13.0. The Labute approximate surface area is 245 Å². The van der Waals surface area contributed by atoms with Gasteiger partial charge in [-0.1, -0.05) is 62.4 Å². The summed E-state index contributed by atoms with van der Waals surface area (Å²) in [6.45, 7) is 2.78.